The van der Waals surface area contributed by atoms with E-state index in [0.29, 0.717) is 6.42 Å². The Kier molecular flexibility index (Phi) is 11.7. The van der Waals surface area contributed by atoms with Crippen molar-refractivity contribution in [2.75, 3.05) is 0 Å². The number of esters is 2. The first-order chi connectivity index (χ1) is 17.7. The molecule has 9 unspecified atom stereocenters. The topological polar surface area (TPSA) is 106 Å². The number of allylic oxidation sites excluding steroid dienone is 3. The van der Waals surface area contributed by atoms with Gasteiger partial charge in [0.05, 0.1) is 18.6 Å². The second kappa shape index (κ2) is 13.9. The standard InChI is InChI=1S/C30H47FO7/c1-8-15-29(6,31)28-24(37-28)17-19(2)10-9-11-20(3)27-21(4)12-13-25(36-22(5)32)30(7,35)16-14-23(33)18-26(34)38-27/h9-13,19,21,23-25,27-28,33,35H,8,14-18H2,1-7H3/b10-9+,13-12+,20-11+. The van der Waals surface area contributed by atoms with Gasteiger partial charge in [-0.15, -0.1) is 0 Å². The summed E-state index contributed by atoms with van der Waals surface area (Å²) in [6.45, 7) is 12.2. The van der Waals surface area contributed by atoms with E-state index in [0.717, 1.165) is 18.4 Å². The molecule has 1 fully saturated rings. The van der Waals surface area contributed by atoms with Crippen LogP contribution >= 0.6 is 0 Å². The van der Waals surface area contributed by atoms with Crippen molar-refractivity contribution in [2.45, 2.75) is 129 Å². The number of halogens is 1. The Labute approximate surface area is 227 Å². The average Bonchev–Trinajstić information content (AvgIpc) is 3.57. The molecule has 7 nitrogen and oxygen atoms in total. The highest BCUT2D eigenvalue weighted by atomic mass is 19.1. The maximum absolute atomic E-state index is 14.7. The number of aliphatic hydroxyl groups is 2. The molecular formula is C30H47FO7. The molecule has 0 radical (unpaired) electrons. The van der Waals surface area contributed by atoms with Crippen LogP contribution in [0.15, 0.2) is 36.0 Å². The summed E-state index contributed by atoms with van der Waals surface area (Å²) in [6, 6.07) is 0. The highest BCUT2D eigenvalue weighted by Crippen LogP contribution is 2.41. The van der Waals surface area contributed by atoms with Gasteiger partial charge in [-0.2, -0.15) is 0 Å². The van der Waals surface area contributed by atoms with Crippen molar-refractivity contribution in [3.63, 3.8) is 0 Å². The van der Waals surface area contributed by atoms with Gasteiger partial charge in [0.15, 0.2) is 0 Å². The van der Waals surface area contributed by atoms with Gasteiger partial charge in [-0.25, -0.2) is 4.39 Å². The van der Waals surface area contributed by atoms with E-state index in [2.05, 4.69) is 6.92 Å². The van der Waals surface area contributed by atoms with Gasteiger partial charge in [0, 0.05) is 12.8 Å². The Morgan fingerprint density at radius 3 is 2.68 bits per heavy atom. The van der Waals surface area contributed by atoms with Gasteiger partial charge in [-0.3, -0.25) is 9.59 Å². The zero-order chi connectivity index (χ0) is 28.7. The fraction of sp³-hybridized carbons (Fsp3) is 0.733. The van der Waals surface area contributed by atoms with Crippen molar-refractivity contribution in [3.8, 4) is 0 Å². The van der Waals surface area contributed by atoms with Gasteiger partial charge < -0.3 is 24.4 Å². The van der Waals surface area contributed by atoms with Crippen molar-refractivity contribution < 1.29 is 38.4 Å². The Morgan fingerprint density at radius 2 is 2.05 bits per heavy atom. The number of aliphatic hydroxyl groups excluding tert-OH is 1. The van der Waals surface area contributed by atoms with Crippen molar-refractivity contribution >= 4 is 11.9 Å². The second-order valence-electron chi connectivity index (χ2n) is 11.6. The molecule has 0 aromatic carbocycles. The Hall–Kier alpha value is -2.03. The molecule has 8 heteroatoms. The molecular weight excluding hydrogens is 491 g/mol. The molecule has 2 rings (SSSR count). The van der Waals surface area contributed by atoms with Gasteiger partial charge in [0.1, 0.15) is 29.6 Å². The molecule has 38 heavy (non-hydrogen) atoms. The van der Waals surface area contributed by atoms with Gasteiger partial charge in [0.25, 0.3) is 0 Å². The van der Waals surface area contributed by atoms with E-state index in [4.69, 9.17) is 14.2 Å². The lowest BCUT2D eigenvalue weighted by Crippen LogP contribution is -2.42. The Morgan fingerprint density at radius 1 is 1.37 bits per heavy atom. The van der Waals surface area contributed by atoms with Gasteiger partial charge in [0.2, 0.25) is 0 Å². The first-order valence-corrected chi connectivity index (χ1v) is 13.8. The minimum absolute atomic E-state index is 0.0764. The lowest BCUT2D eigenvalue weighted by atomic mass is 9.88. The monoisotopic (exact) mass is 538 g/mol. The molecule has 2 aliphatic heterocycles. The van der Waals surface area contributed by atoms with Gasteiger partial charge in [-0.1, -0.05) is 51.5 Å². The molecule has 0 aromatic heterocycles. The predicted octanol–water partition coefficient (Wildman–Crippen LogP) is 5.14. The van der Waals surface area contributed by atoms with Crippen LogP contribution < -0.4 is 0 Å². The van der Waals surface area contributed by atoms with Crippen LogP contribution in [-0.2, 0) is 23.8 Å². The van der Waals surface area contributed by atoms with E-state index in [1.54, 1.807) is 26.0 Å². The quantitative estimate of drug-likeness (QED) is 0.181. The molecule has 0 saturated carbocycles. The smallest absolute Gasteiger partial charge is 0.309 e. The van der Waals surface area contributed by atoms with E-state index in [-0.39, 0.29) is 43.3 Å². The normalized spacial score (nSPS) is 36.4. The SMILES string of the molecule is CCCC(C)(F)C1OC1CC(C)/C=C/C=C(\C)C1OC(=O)CC(O)CCC(C)(O)C(OC(C)=O)/C=C/C1C. The molecule has 0 bridgehead atoms. The largest absolute Gasteiger partial charge is 0.457 e. The summed E-state index contributed by atoms with van der Waals surface area (Å²) in [5.41, 5.74) is -1.91. The molecule has 2 aliphatic rings. The minimum atomic E-state index is -1.41. The van der Waals surface area contributed by atoms with E-state index in [1.807, 2.05) is 39.0 Å². The number of hydrogen-bond donors (Lipinski definition) is 2. The first kappa shape index (κ1) is 32.2. The third-order valence-corrected chi connectivity index (χ3v) is 7.38. The number of hydrogen-bond acceptors (Lipinski definition) is 7. The number of rotatable bonds is 9. The fourth-order valence-electron chi connectivity index (χ4n) is 5.05. The maximum Gasteiger partial charge on any atom is 0.309 e. The summed E-state index contributed by atoms with van der Waals surface area (Å²) in [6.07, 6.45) is 8.34. The van der Waals surface area contributed by atoms with Crippen LogP contribution in [0.2, 0.25) is 0 Å². The molecule has 1 saturated heterocycles. The molecule has 2 heterocycles. The summed E-state index contributed by atoms with van der Waals surface area (Å²) in [4.78, 5) is 24.2. The van der Waals surface area contributed by atoms with Crippen molar-refractivity contribution in [1.82, 2.24) is 0 Å². The van der Waals surface area contributed by atoms with Crippen molar-refractivity contribution in [1.29, 1.82) is 0 Å². The van der Waals surface area contributed by atoms with Crippen LogP contribution in [-0.4, -0.2) is 63.9 Å². The molecule has 2 N–H and O–H groups in total. The summed E-state index contributed by atoms with van der Waals surface area (Å²) in [7, 11) is 0. The Bertz CT molecular complexity index is 891. The number of alkyl halides is 1. The highest BCUT2D eigenvalue weighted by molar-refractivity contribution is 5.70. The third kappa shape index (κ3) is 9.93. The fourth-order valence-corrected chi connectivity index (χ4v) is 5.05. The van der Waals surface area contributed by atoms with Crippen LogP contribution in [0.25, 0.3) is 0 Å². The Balaban J connectivity index is 2.14. The lowest BCUT2D eigenvalue weighted by molar-refractivity contribution is -0.157. The van der Waals surface area contributed by atoms with E-state index in [1.165, 1.54) is 6.92 Å². The molecule has 0 spiro atoms. The molecule has 0 aromatic rings. The van der Waals surface area contributed by atoms with Crippen LogP contribution in [0, 0.1) is 11.8 Å². The second-order valence-corrected chi connectivity index (χ2v) is 11.6. The molecule has 0 aliphatic carbocycles. The van der Waals surface area contributed by atoms with Gasteiger partial charge in [-0.05, 0) is 64.0 Å². The van der Waals surface area contributed by atoms with Crippen LogP contribution in [0.3, 0.4) is 0 Å². The summed E-state index contributed by atoms with van der Waals surface area (Å²) < 4.78 is 31.4. The number of epoxide rings is 1. The first-order valence-electron chi connectivity index (χ1n) is 13.8. The van der Waals surface area contributed by atoms with Gasteiger partial charge >= 0.3 is 11.9 Å². The van der Waals surface area contributed by atoms with Crippen LogP contribution in [0.4, 0.5) is 4.39 Å². The van der Waals surface area contributed by atoms with E-state index >= 15 is 0 Å². The van der Waals surface area contributed by atoms with E-state index in [9.17, 15) is 24.2 Å². The number of carbonyl (C=O) groups is 2. The van der Waals surface area contributed by atoms with Crippen molar-refractivity contribution in [3.05, 3.63) is 36.0 Å². The van der Waals surface area contributed by atoms with E-state index < -0.39 is 41.5 Å². The zero-order valence-electron chi connectivity index (χ0n) is 24.0. The zero-order valence-corrected chi connectivity index (χ0v) is 24.0. The summed E-state index contributed by atoms with van der Waals surface area (Å²) in [5.74, 6) is -1.18. The number of cyclic esters (lactones) is 1. The molecule has 0 amide bonds. The highest BCUT2D eigenvalue weighted by Gasteiger charge is 2.52. The summed E-state index contributed by atoms with van der Waals surface area (Å²) >= 11 is 0. The van der Waals surface area contributed by atoms with Crippen molar-refractivity contribution in [2.24, 2.45) is 11.8 Å². The maximum atomic E-state index is 14.7. The molecule has 216 valence electrons. The van der Waals surface area contributed by atoms with Crippen LogP contribution in [0.1, 0.15) is 87.0 Å². The minimum Gasteiger partial charge on any atom is -0.457 e. The summed E-state index contributed by atoms with van der Waals surface area (Å²) in [5, 5.41) is 21.3. The number of carbonyl (C=O) groups excluding carboxylic acids is 2. The lowest BCUT2D eigenvalue weighted by Gasteiger charge is -2.32. The predicted molar refractivity (Wildman–Crippen MR) is 144 cm³/mol. The van der Waals surface area contributed by atoms with Crippen LogP contribution in [0.5, 0.6) is 0 Å². The number of ether oxygens (including phenoxy) is 3. The average molecular weight is 539 g/mol. The third-order valence-electron chi connectivity index (χ3n) is 7.38. The molecule has 9 atom stereocenters.